The molecule has 0 unspecified atom stereocenters. The van der Waals surface area contributed by atoms with E-state index >= 15 is 0 Å². The molecular formula is C9H9ClFNO2. The summed E-state index contributed by atoms with van der Waals surface area (Å²) in [6.07, 6.45) is 0. The van der Waals surface area contributed by atoms with E-state index in [1.165, 1.54) is 13.2 Å². The van der Waals surface area contributed by atoms with Gasteiger partial charge in [0.1, 0.15) is 5.82 Å². The van der Waals surface area contributed by atoms with Gasteiger partial charge in [-0.05, 0) is 12.1 Å². The average molecular weight is 218 g/mol. The van der Waals surface area contributed by atoms with Crippen LogP contribution in [0.4, 0.5) is 4.39 Å². The number of carbonyl (C=O) groups is 1. The number of rotatable bonds is 2. The van der Waals surface area contributed by atoms with Crippen LogP contribution in [0.25, 0.3) is 0 Å². The van der Waals surface area contributed by atoms with Gasteiger partial charge >= 0.3 is 5.97 Å². The zero-order valence-corrected chi connectivity index (χ0v) is 8.27. The number of halogens is 2. The Morgan fingerprint density at radius 3 is 2.79 bits per heavy atom. The lowest BCUT2D eigenvalue weighted by molar-refractivity contribution is 0.0601. The van der Waals surface area contributed by atoms with Crippen molar-refractivity contribution >= 4 is 17.6 Å². The van der Waals surface area contributed by atoms with Gasteiger partial charge in [0, 0.05) is 12.1 Å². The van der Waals surface area contributed by atoms with Gasteiger partial charge in [0.25, 0.3) is 0 Å². The van der Waals surface area contributed by atoms with E-state index < -0.39 is 11.8 Å². The standard InChI is InChI=1S/C9H9ClFNO2/c1-14-9(13)6-2-5(4-12)8(11)3-7(6)10/h2-3H,4,12H2,1H3. The number of nitrogens with two attached hydrogens (primary N) is 1. The molecule has 0 saturated heterocycles. The first-order chi connectivity index (χ1) is 6.60. The second-order valence-electron chi connectivity index (χ2n) is 2.62. The summed E-state index contributed by atoms with van der Waals surface area (Å²) in [6.45, 7) is 0.00694. The topological polar surface area (TPSA) is 52.3 Å². The van der Waals surface area contributed by atoms with Crippen LogP contribution in [-0.2, 0) is 11.3 Å². The van der Waals surface area contributed by atoms with E-state index in [4.69, 9.17) is 17.3 Å². The summed E-state index contributed by atoms with van der Waals surface area (Å²) in [7, 11) is 1.23. The highest BCUT2D eigenvalue weighted by Crippen LogP contribution is 2.21. The minimum atomic E-state index is -0.607. The zero-order chi connectivity index (χ0) is 10.7. The van der Waals surface area contributed by atoms with E-state index in [0.29, 0.717) is 0 Å². The molecule has 76 valence electrons. The van der Waals surface area contributed by atoms with E-state index in [-0.39, 0.29) is 22.7 Å². The van der Waals surface area contributed by atoms with E-state index in [0.717, 1.165) is 6.07 Å². The van der Waals surface area contributed by atoms with E-state index in [1.807, 2.05) is 0 Å². The molecule has 0 aliphatic heterocycles. The Balaban J connectivity index is 3.24. The fourth-order valence-corrected chi connectivity index (χ4v) is 1.24. The summed E-state index contributed by atoms with van der Waals surface area (Å²) in [5.74, 6) is -1.13. The summed E-state index contributed by atoms with van der Waals surface area (Å²) in [4.78, 5) is 11.1. The predicted octanol–water partition coefficient (Wildman–Crippen LogP) is 1.72. The highest BCUT2D eigenvalue weighted by molar-refractivity contribution is 6.33. The Hall–Kier alpha value is -1.13. The minimum Gasteiger partial charge on any atom is -0.465 e. The quantitative estimate of drug-likeness (QED) is 0.768. The normalized spacial score (nSPS) is 10.0. The fraction of sp³-hybridized carbons (Fsp3) is 0.222. The molecule has 0 saturated carbocycles. The maximum Gasteiger partial charge on any atom is 0.339 e. The van der Waals surface area contributed by atoms with Gasteiger partial charge in [0.2, 0.25) is 0 Å². The Kier molecular flexibility index (Phi) is 3.43. The van der Waals surface area contributed by atoms with Crippen LogP contribution in [0.1, 0.15) is 15.9 Å². The molecule has 0 aliphatic carbocycles. The van der Waals surface area contributed by atoms with Crippen molar-refractivity contribution in [3.8, 4) is 0 Å². The van der Waals surface area contributed by atoms with Crippen LogP contribution in [0.3, 0.4) is 0 Å². The first-order valence-electron chi connectivity index (χ1n) is 3.86. The molecule has 1 aromatic rings. The highest BCUT2D eigenvalue weighted by atomic mass is 35.5. The van der Waals surface area contributed by atoms with E-state index in [9.17, 15) is 9.18 Å². The number of carbonyl (C=O) groups excluding carboxylic acids is 1. The SMILES string of the molecule is COC(=O)c1cc(CN)c(F)cc1Cl. The van der Waals surface area contributed by atoms with Crippen molar-refractivity contribution in [1.29, 1.82) is 0 Å². The maximum absolute atomic E-state index is 13.1. The van der Waals surface area contributed by atoms with Crippen LogP contribution < -0.4 is 5.73 Å². The predicted molar refractivity (Wildman–Crippen MR) is 50.6 cm³/mol. The van der Waals surface area contributed by atoms with Crippen molar-refractivity contribution in [2.24, 2.45) is 5.73 Å². The third-order valence-electron chi connectivity index (χ3n) is 1.76. The smallest absolute Gasteiger partial charge is 0.339 e. The molecule has 1 aromatic carbocycles. The van der Waals surface area contributed by atoms with Gasteiger partial charge in [-0.15, -0.1) is 0 Å². The number of hydrogen-bond acceptors (Lipinski definition) is 3. The molecule has 2 N–H and O–H groups in total. The van der Waals surface area contributed by atoms with E-state index in [2.05, 4.69) is 4.74 Å². The van der Waals surface area contributed by atoms with E-state index in [1.54, 1.807) is 0 Å². The third-order valence-corrected chi connectivity index (χ3v) is 2.07. The van der Waals surface area contributed by atoms with Gasteiger partial charge in [-0.2, -0.15) is 0 Å². The monoisotopic (exact) mass is 217 g/mol. The van der Waals surface area contributed by atoms with Crippen LogP contribution in [0.2, 0.25) is 5.02 Å². The van der Waals surface area contributed by atoms with Gasteiger partial charge in [-0.3, -0.25) is 0 Å². The molecule has 0 atom stereocenters. The molecule has 0 aliphatic rings. The summed E-state index contributed by atoms with van der Waals surface area (Å²) in [6, 6.07) is 2.35. The number of esters is 1. The van der Waals surface area contributed by atoms with Gasteiger partial charge in [0.05, 0.1) is 17.7 Å². The average Bonchev–Trinajstić information content (AvgIpc) is 2.17. The summed E-state index contributed by atoms with van der Waals surface area (Å²) >= 11 is 5.65. The van der Waals surface area contributed by atoms with Crippen molar-refractivity contribution < 1.29 is 13.9 Å². The zero-order valence-electron chi connectivity index (χ0n) is 7.51. The first kappa shape index (κ1) is 10.9. The highest BCUT2D eigenvalue weighted by Gasteiger charge is 2.14. The van der Waals surface area contributed by atoms with Crippen molar-refractivity contribution in [2.75, 3.05) is 7.11 Å². The molecule has 3 nitrogen and oxygen atoms in total. The maximum atomic E-state index is 13.1. The largest absolute Gasteiger partial charge is 0.465 e. The van der Waals surface area contributed by atoms with Crippen LogP contribution >= 0.6 is 11.6 Å². The Morgan fingerprint density at radius 1 is 1.64 bits per heavy atom. The molecule has 14 heavy (non-hydrogen) atoms. The summed E-state index contributed by atoms with van der Waals surface area (Å²) in [5, 5.41) is 0.0200. The summed E-state index contributed by atoms with van der Waals surface area (Å²) in [5.41, 5.74) is 5.63. The number of benzene rings is 1. The number of ether oxygens (including phenoxy) is 1. The van der Waals surface area contributed by atoms with Crippen LogP contribution in [-0.4, -0.2) is 13.1 Å². The van der Waals surface area contributed by atoms with Crippen LogP contribution in [0.15, 0.2) is 12.1 Å². The molecule has 1 rings (SSSR count). The van der Waals surface area contributed by atoms with Crippen molar-refractivity contribution in [1.82, 2.24) is 0 Å². The van der Waals surface area contributed by atoms with Gasteiger partial charge in [-0.1, -0.05) is 11.6 Å². The molecule has 0 aromatic heterocycles. The van der Waals surface area contributed by atoms with Crippen molar-refractivity contribution in [2.45, 2.75) is 6.54 Å². The Labute approximate surface area is 85.6 Å². The lowest BCUT2D eigenvalue weighted by atomic mass is 10.1. The van der Waals surface area contributed by atoms with Gasteiger partial charge < -0.3 is 10.5 Å². The molecule has 0 heterocycles. The Bertz CT molecular complexity index is 368. The molecule has 0 bridgehead atoms. The first-order valence-corrected chi connectivity index (χ1v) is 4.24. The molecule has 0 radical (unpaired) electrons. The minimum absolute atomic E-state index is 0.00694. The fourth-order valence-electron chi connectivity index (χ4n) is 1.02. The molecule has 0 spiro atoms. The molecule has 0 amide bonds. The van der Waals surface area contributed by atoms with Crippen LogP contribution in [0.5, 0.6) is 0 Å². The second kappa shape index (κ2) is 4.39. The van der Waals surface area contributed by atoms with Crippen molar-refractivity contribution in [3.63, 3.8) is 0 Å². The third kappa shape index (κ3) is 2.02. The molecular weight excluding hydrogens is 209 g/mol. The van der Waals surface area contributed by atoms with Crippen molar-refractivity contribution in [3.05, 3.63) is 34.1 Å². The van der Waals surface area contributed by atoms with Crippen LogP contribution in [0, 0.1) is 5.82 Å². The van der Waals surface area contributed by atoms with Gasteiger partial charge in [0.15, 0.2) is 0 Å². The lowest BCUT2D eigenvalue weighted by Crippen LogP contribution is -2.07. The number of hydrogen-bond donors (Lipinski definition) is 1. The molecule has 0 fully saturated rings. The lowest BCUT2D eigenvalue weighted by Gasteiger charge is -2.05. The Morgan fingerprint density at radius 2 is 2.29 bits per heavy atom. The molecule has 5 heteroatoms. The van der Waals surface area contributed by atoms with Gasteiger partial charge in [-0.25, -0.2) is 9.18 Å². The summed E-state index contributed by atoms with van der Waals surface area (Å²) < 4.78 is 17.6. The number of methoxy groups -OCH3 is 1. The second-order valence-corrected chi connectivity index (χ2v) is 3.03.